The first-order valence-electron chi connectivity index (χ1n) is 8.61. The summed E-state index contributed by atoms with van der Waals surface area (Å²) >= 11 is 3.68. The molecule has 0 spiro atoms. The minimum atomic E-state index is 0.851. The number of nitrogens with one attached hydrogen (secondary N) is 1. The SMILES string of the molecule is C1=Cc2c(-c3cc4c(ccc5sccc54)s3)cc3cccnc3c2NC1. The van der Waals surface area contributed by atoms with Gasteiger partial charge in [0.15, 0.2) is 0 Å². The van der Waals surface area contributed by atoms with Crippen molar-refractivity contribution < 1.29 is 0 Å². The Morgan fingerprint density at radius 3 is 2.96 bits per heavy atom. The number of pyridine rings is 1. The van der Waals surface area contributed by atoms with Gasteiger partial charge in [-0.3, -0.25) is 4.98 Å². The number of nitrogens with zero attached hydrogens (tertiary/aromatic N) is 1. The van der Waals surface area contributed by atoms with E-state index >= 15 is 0 Å². The van der Waals surface area contributed by atoms with Crippen LogP contribution in [0, 0.1) is 0 Å². The van der Waals surface area contributed by atoms with Crippen LogP contribution < -0.4 is 5.32 Å². The second-order valence-corrected chi connectivity index (χ2v) is 8.52. The van der Waals surface area contributed by atoms with Crippen molar-refractivity contribution in [1.29, 1.82) is 0 Å². The van der Waals surface area contributed by atoms with Crippen LogP contribution in [0.1, 0.15) is 5.56 Å². The maximum absolute atomic E-state index is 4.61. The summed E-state index contributed by atoms with van der Waals surface area (Å²) in [5, 5.41) is 9.61. The van der Waals surface area contributed by atoms with Gasteiger partial charge in [0.05, 0.1) is 11.2 Å². The molecule has 5 aromatic rings. The van der Waals surface area contributed by atoms with Gasteiger partial charge in [-0.25, -0.2) is 0 Å². The standard InChI is InChI=1S/C22H14N2S2/c1-3-13-11-16(15-4-2-9-24-22(15)21(13)23-8-1)20-12-17-14-7-10-25-18(14)5-6-19(17)26-20/h1-8,10-12,24H,9H2. The van der Waals surface area contributed by atoms with Gasteiger partial charge in [0.1, 0.15) is 0 Å². The highest BCUT2D eigenvalue weighted by molar-refractivity contribution is 7.23. The zero-order valence-corrected chi connectivity index (χ0v) is 15.5. The van der Waals surface area contributed by atoms with Crippen LogP contribution in [0.4, 0.5) is 5.69 Å². The fourth-order valence-electron chi connectivity index (χ4n) is 3.83. The van der Waals surface area contributed by atoms with E-state index in [1.54, 1.807) is 0 Å². The molecule has 0 fully saturated rings. The van der Waals surface area contributed by atoms with Gasteiger partial charge in [0, 0.05) is 54.3 Å². The summed E-state index contributed by atoms with van der Waals surface area (Å²) in [4.78, 5) is 5.93. The maximum Gasteiger partial charge on any atom is 0.0939 e. The Labute approximate surface area is 158 Å². The largest absolute Gasteiger partial charge is 0.379 e. The molecule has 2 aromatic carbocycles. The summed E-state index contributed by atoms with van der Waals surface area (Å²) in [6, 6.07) is 15.5. The van der Waals surface area contributed by atoms with Crippen molar-refractivity contribution in [2.75, 3.05) is 11.9 Å². The van der Waals surface area contributed by atoms with Gasteiger partial charge in [-0.2, -0.15) is 0 Å². The van der Waals surface area contributed by atoms with Crippen LogP contribution in [-0.2, 0) is 0 Å². The van der Waals surface area contributed by atoms with Crippen LogP contribution in [0.5, 0.6) is 0 Å². The molecule has 124 valence electrons. The molecule has 0 unspecified atom stereocenters. The molecule has 0 amide bonds. The second-order valence-electron chi connectivity index (χ2n) is 6.49. The smallest absolute Gasteiger partial charge is 0.0939 e. The van der Waals surface area contributed by atoms with Crippen LogP contribution in [-0.4, -0.2) is 11.5 Å². The lowest BCUT2D eigenvalue weighted by Gasteiger charge is -2.18. The van der Waals surface area contributed by atoms with E-state index in [0.29, 0.717) is 0 Å². The van der Waals surface area contributed by atoms with Crippen LogP contribution in [0.2, 0.25) is 0 Å². The molecule has 2 nitrogen and oxygen atoms in total. The van der Waals surface area contributed by atoms with Crippen molar-refractivity contribution >= 4 is 65.5 Å². The van der Waals surface area contributed by atoms with E-state index in [0.717, 1.165) is 17.7 Å². The molecule has 4 heteroatoms. The Bertz CT molecular complexity index is 1340. The van der Waals surface area contributed by atoms with Crippen molar-refractivity contribution in [2.45, 2.75) is 0 Å². The van der Waals surface area contributed by atoms with Gasteiger partial charge in [-0.15, -0.1) is 22.7 Å². The van der Waals surface area contributed by atoms with Crippen LogP contribution >= 0.6 is 22.7 Å². The van der Waals surface area contributed by atoms with E-state index in [2.05, 4.69) is 64.2 Å². The average molecular weight is 371 g/mol. The first-order valence-corrected chi connectivity index (χ1v) is 10.3. The van der Waals surface area contributed by atoms with Crippen molar-refractivity contribution in [3.63, 3.8) is 0 Å². The van der Waals surface area contributed by atoms with E-state index in [9.17, 15) is 0 Å². The summed E-state index contributed by atoms with van der Waals surface area (Å²) < 4.78 is 2.70. The summed E-state index contributed by atoms with van der Waals surface area (Å²) in [6.07, 6.45) is 6.29. The van der Waals surface area contributed by atoms with Crippen molar-refractivity contribution in [2.24, 2.45) is 0 Å². The quantitative estimate of drug-likeness (QED) is 0.352. The molecule has 0 aliphatic carbocycles. The van der Waals surface area contributed by atoms with Crippen LogP contribution in [0.25, 0.3) is 47.6 Å². The van der Waals surface area contributed by atoms with E-state index in [1.165, 1.54) is 41.6 Å². The molecule has 1 aliphatic heterocycles. The molecule has 0 saturated heterocycles. The molecule has 1 aliphatic rings. The average Bonchev–Trinajstić information content (AvgIpc) is 3.33. The predicted molar refractivity (Wildman–Crippen MR) is 115 cm³/mol. The Hall–Kier alpha value is -2.69. The molecular formula is C22H14N2S2. The lowest BCUT2D eigenvalue weighted by atomic mass is 9.97. The van der Waals surface area contributed by atoms with Crippen molar-refractivity contribution in [3.8, 4) is 10.4 Å². The maximum atomic E-state index is 4.61. The number of anilines is 1. The number of fused-ring (bicyclic) bond motifs is 6. The normalized spacial score (nSPS) is 13.4. The fourth-order valence-corrected chi connectivity index (χ4v) is 5.74. The molecule has 3 aromatic heterocycles. The topological polar surface area (TPSA) is 24.9 Å². The molecule has 26 heavy (non-hydrogen) atoms. The summed E-state index contributed by atoms with van der Waals surface area (Å²) in [5.41, 5.74) is 4.74. The molecule has 4 heterocycles. The predicted octanol–water partition coefficient (Wildman–Crippen LogP) is 6.77. The van der Waals surface area contributed by atoms with Gasteiger partial charge >= 0.3 is 0 Å². The third kappa shape index (κ3) is 2.00. The first kappa shape index (κ1) is 14.5. The van der Waals surface area contributed by atoms with Gasteiger partial charge in [-0.1, -0.05) is 18.2 Å². The van der Waals surface area contributed by atoms with E-state index < -0.39 is 0 Å². The summed E-state index contributed by atoms with van der Waals surface area (Å²) in [5.74, 6) is 0. The van der Waals surface area contributed by atoms with Gasteiger partial charge in [-0.05, 0) is 41.8 Å². The summed E-state index contributed by atoms with van der Waals surface area (Å²) in [7, 11) is 0. The Balaban J connectivity index is 1.70. The Kier molecular flexibility index (Phi) is 3.01. The Morgan fingerprint density at radius 1 is 1.00 bits per heavy atom. The molecule has 6 rings (SSSR count). The third-order valence-electron chi connectivity index (χ3n) is 5.01. The number of aromatic nitrogens is 1. The zero-order valence-electron chi connectivity index (χ0n) is 13.8. The number of thiophene rings is 2. The van der Waals surface area contributed by atoms with Crippen LogP contribution in [0.3, 0.4) is 0 Å². The zero-order chi connectivity index (χ0) is 17.1. The number of hydrogen-bond donors (Lipinski definition) is 1. The number of benzene rings is 2. The molecule has 0 radical (unpaired) electrons. The van der Waals surface area contributed by atoms with Gasteiger partial charge < -0.3 is 5.32 Å². The van der Waals surface area contributed by atoms with Crippen molar-refractivity contribution in [1.82, 2.24) is 4.98 Å². The third-order valence-corrected chi connectivity index (χ3v) is 7.03. The Morgan fingerprint density at radius 2 is 1.96 bits per heavy atom. The van der Waals surface area contributed by atoms with E-state index in [1.807, 2.05) is 34.9 Å². The molecule has 0 bridgehead atoms. The highest BCUT2D eigenvalue weighted by Gasteiger charge is 2.17. The number of rotatable bonds is 1. The number of hydrogen-bond acceptors (Lipinski definition) is 4. The highest BCUT2D eigenvalue weighted by Crippen LogP contribution is 2.43. The van der Waals surface area contributed by atoms with Crippen LogP contribution in [0.15, 0.2) is 60.1 Å². The monoisotopic (exact) mass is 370 g/mol. The minimum Gasteiger partial charge on any atom is -0.379 e. The van der Waals surface area contributed by atoms with Gasteiger partial charge in [0.2, 0.25) is 0 Å². The molecule has 1 N–H and O–H groups in total. The minimum absolute atomic E-state index is 0.851. The van der Waals surface area contributed by atoms with E-state index in [4.69, 9.17) is 0 Å². The van der Waals surface area contributed by atoms with Gasteiger partial charge in [0.25, 0.3) is 0 Å². The van der Waals surface area contributed by atoms with E-state index in [-0.39, 0.29) is 0 Å². The lowest BCUT2D eigenvalue weighted by Crippen LogP contribution is -2.06. The molecule has 0 saturated carbocycles. The van der Waals surface area contributed by atoms with Crippen molar-refractivity contribution in [3.05, 3.63) is 65.7 Å². The highest BCUT2D eigenvalue weighted by atomic mass is 32.1. The fraction of sp³-hybridized carbons (Fsp3) is 0.0455. The molecular weight excluding hydrogens is 356 g/mol. The molecule has 0 atom stereocenters. The lowest BCUT2D eigenvalue weighted by molar-refractivity contribution is 1.30. The second kappa shape index (κ2) is 5.40. The first-order chi connectivity index (χ1) is 12.9. The summed E-state index contributed by atoms with van der Waals surface area (Å²) in [6.45, 7) is 0.851.